The van der Waals surface area contributed by atoms with Gasteiger partial charge in [0.25, 0.3) is 0 Å². The van der Waals surface area contributed by atoms with Crippen LogP contribution in [0, 0.1) is 0 Å². The van der Waals surface area contributed by atoms with E-state index in [-0.39, 0.29) is 5.54 Å². The van der Waals surface area contributed by atoms with Crippen LogP contribution in [0.3, 0.4) is 0 Å². The topological polar surface area (TPSA) is 18.5 Å². The molecule has 18 heavy (non-hydrogen) atoms. The lowest BCUT2D eigenvalue weighted by Gasteiger charge is -2.37. The van der Waals surface area contributed by atoms with E-state index in [0.29, 0.717) is 6.04 Å². The maximum absolute atomic E-state index is 4.19. The van der Waals surface area contributed by atoms with Gasteiger partial charge < -0.3 is 5.32 Å². The molecule has 0 aromatic carbocycles. The lowest BCUT2D eigenvalue weighted by Crippen LogP contribution is -2.49. The Morgan fingerprint density at radius 3 is 2.17 bits per heavy atom. The largest absolute Gasteiger partial charge is 0.308 e. The average molecular weight is 253 g/mol. The number of rotatable bonds is 5. The molecule has 0 aromatic heterocycles. The highest BCUT2D eigenvalue weighted by Gasteiger charge is 2.19. The Bertz CT molecular complexity index is 257. The van der Waals surface area contributed by atoms with Crippen molar-refractivity contribution in [3.63, 3.8) is 0 Å². The van der Waals surface area contributed by atoms with E-state index >= 15 is 0 Å². The van der Waals surface area contributed by atoms with Gasteiger partial charge in [0.05, 0.1) is 0 Å². The Morgan fingerprint density at radius 2 is 1.72 bits per heavy atom. The quantitative estimate of drug-likeness (QED) is 0.756. The van der Waals surface area contributed by atoms with Crippen molar-refractivity contribution in [3.8, 4) is 0 Å². The second kappa shape index (κ2) is 6.69. The molecule has 3 heteroatoms. The van der Waals surface area contributed by atoms with Crippen LogP contribution in [0.4, 0.5) is 0 Å². The lowest BCUT2D eigenvalue weighted by atomic mass is 10.1. The summed E-state index contributed by atoms with van der Waals surface area (Å²) in [6.07, 6.45) is 0. The molecule has 0 saturated carbocycles. The molecule has 0 unspecified atom stereocenters. The Labute approximate surface area is 113 Å². The molecule has 0 bridgehead atoms. The zero-order valence-corrected chi connectivity index (χ0v) is 12.9. The fourth-order valence-corrected chi connectivity index (χ4v) is 2.20. The van der Waals surface area contributed by atoms with Gasteiger partial charge in [0.15, 0.2) is 0 Å². The van der Waals surface area contributed by atoms with Gasteiger partial charge in [-0.15, -0.1) is 0 Å². The van der Waals surface area contributed by atoms with Crippen LogP contribution in [-0.4, -0.2) is 60.6 Å². The highest BCUT2D eigenvalue weighted by molar-refractivity contribution is 5.01. The molecule has 1 saturated heterocycles. The summed E-state index contributed by atoms with van der Waals surface area (Å²) in [6.45, 7) is 22.0. The first-order valence-corrected chi connectivity index (χ1v) is 7.16. The molecule has 1 aliphatic heterocycles. The predicted octanol–water partition coefficient (Wildman–Crippen LogP) is 1.96. The van der Waals surface area contributed by atoms with Crippen LogP contribution in [-0.2, 0) is 0 Å². The maximum Gasteiger partial charge on any atom is 0.0203 e. The minimum absolute atomic E-state index is 0.180. The van der Waals surface area contributed by atoms with E-state index in [0.717, 1.165) is 13.1 Å². The molecule has 3 nitrogen and oxygen atoms in total. The molecule has 1 fully saturated rings. The van der Waals surface area contributed by atoms with Crippen LogP contribution in [0.2, 0.25) is 0 Å². The summed E-state index contributed by atoms with van der Waals surface area (Å²) in [7, 11) is 0. The van der Waals surface area contributed by atoms with Gasteiger partial charge in [0.1, 0.15) is 0 Å². The van der Waals surface area contributed by atoms with E-state index in [9.17, 15) is 0 Å². The Morgan fingerprint density at radius 1 is 1.17 bits per heavy atom. The summed E-state index contributed by atoms with van der Waals surface area (Å²) in [6, 6.07) is 0.679. The van der Waals surface area contributed by atoms with Gasteiger partial charge in [-0.25, -0.2) is 0 Å². The van der Waals surface area contributed by atoms with E-state index in [1.165, 1.54) is 31.8 Å². The molecule has 1 heterocycles. The highest BCUT2D eigenvalue weighted by Crippen LogP contribution is 2.08. The fourth-order valence-electron chi connectivity index (χ4n) is 2.20. The molecule has 0 aliphatic carbocycles. The number of piperazine rings is 1. The van der Waals surface area contributed by atoms with Gasteiger partial charge in [-0.1, -0.05) is 6.58 Å². The van der Waals surface area contributed by atoms with Crippen molar-refractivity contribution >= 4 is 0 Å². The molecule has 0 aromatic rings. The Balaban J connectivity index is 2.22. The summed E-state index contributed by atoms with van der Waals surface area (Å²) < 4.78 is 0. The third-order valence-corrected chi connectivity index (χ3v) is 3.45. The van der Waals surface area contributed by atoms with Crippen molar-refractivity contribution in [2.24, 2.45) is 0 Å². The van der Waals surface area contributed by atoms with E-state index in [1.54, 1.807) is 0 Å². The zero-order chi connectivity index (χ0) is 13.8. The van der Waals surface area contributed by atoms with E-state index in [4.69, 9.17) is 0 Å². The molecule has 1 rings (SSSR count). The summed E-state index contributed by atoms with van der Waals surface area (Å²) in [5, 5.41) is 3.50. The van der Waals surface area contributed by atoms with Crippen LogP contribution in [0.15, 0.2) is 12.2 Å². The van der Waals surface area contributed by atoms with Crippen LogP contribution in [0.1, 0.15) is 34.6 Å². The lowest BCUT2D eigenvalue weighted by molar-refractivity contribution is 0.114. The van der Waals surface area contributed by atoms with Gasteiger partial charge in [0.2, 0.25) is 0 Å². The maximum atomic E-state index is 4.19. The second-order valence-corrected chi connectivity index (χ2v) is 6.76. The highest BCUT2D eigenvalue weighted by atomic mass is 15.3. The minimum atomic E-state index is 0.180. The summed E-state index contributed by atoms with van der Waals surface area (Å²) in [5.41, 5.74) is 1.47. The van der Waals surface area contributed by atoms with Gasteiger partial charge in [-0.3, -0.25) is 9.80 Å². The van der Waals surface area contributed by atoms with E-state index < -0.39 is 0 Å². The van der Waals surface area contributed by atoms with Gasteiger partial charge >= 0.3 is 0 Å². The van der Waals surface area contributed by atoms with Crippen molar-refractivity contribution in [1.82, 2.24) is 15.1 Å². The summed E-state index contributed by atoms with van der Waals surface area (Å²) in [5.74, 6) is 0. The third kappa shape index (κ3) is 5.98. The molecule has 0 radical (unpaired) electrons. The smallest absolute Gasteiger partial charge is 0.0203 e. The molecular formula is C15H31N3. The van der Waals surface area contributed by atoms with Crippen molar-refractivity contribution in [2.75, 3.05) is 39.3 Å². The monoisotopic (exact) mass is 253 g/mol. The number of hydrogen-bond acceptors (Lipinski definition) is 3. The predicted molar refractivity (Wildman–Crippen MR) is 80.0 cm³/mol. The molecule has 0 spiro atoms. The second-order valence-electron chi connectivity index (χ2n) is 6.76. The number of nitrogens with zero attached hydrogens (tertiary/aromatic N) is 2. The van der Waals surface area contributed by atoms with Gasteiger partial charge in [-0.05, 0) is 40.2 Å². The zero-order valence-electron chi connectivity index (χ0n) is 12.9. The SMILES string of the molecule is C=C(CNC(C)(C)C)CN1CCN(C(C)C)CC1. The molecule has 1 aliphatic rings. The van der Waals surface area contributed by atoms with Crippen molar-refractivity contribution in [1.29, 1.82) is 0 Å². The Kier molecular flexibility index (Phi) is 5.83. The van der Waals surface area contributed by atoms with Gasteiger partial charge in [-0.2, -0.15) is 0 Å². The Hall–Kier alpha value is -0.380. The minimum Gasteiger partial charge on any atom is -0.308 e. The molecule has 0 atom stereocenters. The van der Waals surface area contributed by atoms with Gasteiger partial charge in [0, 0.05) is 50.8 Å². The van der Waals surface area contributed by atoms with Crippen LogP contribution >= 0.6 is 0 Å². The van der Waals surface area contributed by atoms with E-state index in [1.807, 2.05) is 0 Å². The van der Waals surface area contributed by atoms with E-state index in [2.05, 4.69) is 56.3 Å². The van der Waals surface area contributed by atoms with Crippen molar-refractivity contribution in [2.45, 2.75) is 46.2 Å². The summed E-state index contributed by atoms with van der Waals surface area (Å²) in [4.78, 5) is 5.07. The average Bonchev–Trinajstić information content (AvgIpc) is 2.26. The first-order valence-electron chi connectivity index (χ1n) is 7.16. The van der Waals surface area contributed by atoms with Crippen molar-refractivity contribution in [3.05, 3.63) is 12.2 Å². The normalized spacial score (nSPS) is 19.4. The van der Waals surface area contributed by atoms with Crippen LogP contribution in [0.5, 0.6) is 0 Å². The number of nitrogens with one attached hydrogen (secondary N) is 1. The van der Waals surface area contributed by atoms with Crippen LogP contribution in [0.25, 0.3) is 0 Å². The third-order valence-electron chi connectivity index (χ3n) is 3.45. The standard InChI is InChI=1S/C15H31N3/c1-13(2)18-9-7-17(8-10-18)12-14(3)11-16-15(4,5)6/h13,16H,3,7-12H2,1-2,4-6H3. The molecular weight excluding hydrogens is 222 g/mol. The van der Waals surface area contributed by atoms with Crippen molar-refractivity contribution < 1.29 is 0 Å². The molecule has 106 valence electrons. The van der Waals surface area contributed by atoms with Crippen LogP contribution < -0.4 is 5.32 Å². The first-order chi connectivity index (χ1) is 8.28. The fraction of sp³-hybridized carbons (Fsp3) is 0.867. The molecule has 0 amide bonds. The molecule has 1 N–H and O–H groups in total. The number of hydrogen-bond donors (Lipinski definition) is 1. The summed E-state index contributed by atoms with van der Waals surface area (Å²) >= 11 is 0. The first kappa shape index (κ1) is 15.7.